The highest BCUT2D eigenvalue weighted by Crippen LogP contribution is 2.32. The average molecular weight is 521 g/mol. The van der Waals surface area contributed by atoms with Crippen molar-refractivity contribution in [2.75, 3.05) is 25.5 Å². The molecule has 0 spiro atoms. The molecule has 8 heteroatoms. The molecule has 1 aliphatic heterocycles. The van der Waals surface area contributed by atoms with E-state index in [9.17, 15) is 4.79 Å². The zero-order valence-electron chi connectivity index (χ0n) is 22.7. The quantitative estimate of drug-likeness (QED) is 0.305. The summed E-state index contributed by atoms with van der Waals surface area (Å²) in [4.78, 5) is 13.6. The molecule has 6 rings (SSSR count). The number of rotatable bonds is 7. The minimum atomic E-state index is -0.128. The second-order valence-electron chi connectivity index (χ2n) is 10.3. The van der Waals surface area contributed by atoms with Crippen molar-refractivity contribution < 1.29 is 9.53 Å². The number of amides is 1. The van der Waals surface area contributed by atoms with Gasteiger partial charge in [-0.3, -0.25) is 14.2 Å². The molecule has 198 valence electrons. The zero-order valence-corrected chi connectivity index (χ0v) is 22.7. The SMILES string of the molecule is COc1ccc(Cn2nc(-c3cnn(C4CNC4)c3)c3cc(C(=O)Nc4c(C)cccc4C)c(C)cc32)cc1. The predicted octanol–water partition coefficient (Wildman–Crippen LogP) is 5.28. The van der Waals surface area contributed by atoms with Gasteiger partial charge in [0.1, 0.15) is 11.4 Å². The number of ether oxygens (including phenoxy) is 1. The second kappa shape index (κ2) is 10.0. The Labute approximate surface area is 227 Å². The number of anilines is 1. The number of aromatic nitrogens is 4. The van der Waals surface area contributed by atoms with Crippen molar-refractivity contribution in [2.24, 2.45) is 0 Å². The zero-order chi connectivity index (χ0) is 27.1. The molecule has 1 fully saturated rings. The van der Waals surface area contributed by atoms with E-state index in [1.807, 2.05) is 84.9 Å². The van der Waals surface area contributed by atoms with Crippen LogP contribution in [0.4, 0.5) is 5.69 Å². The molecule has 1 aliphatic rings. The molecule has 3 heterocycles. The summed E-state index contributed by atoms with van der Waals surface area (Å²) in [6, 6.07) is 18.4. The van der Waals surface area contributed by atoms with Gasteiger partial charge in [-0.1, -0.05) is 30.3 Å². The fourth-order valence-electron chi connectivity index (χ4n) is 5.12. The lowest BCUT2D eigenvalue weighted by Gasteiger charge is -2.27. The van der Waals surface area contributed by atoms with E-state index < -0.39 is 0 Å². The van der Waals surface area contributed by atoms with Gasteiger partial charge in [0.2, 0.25) is 0 Å². The molecule has 0 aliphatic carbocycles. The second-order valence-corrected chi connectivity index (χ2v) is 10.3. The lowest BCUT2D eigenvalue weighted by Crippen LogP contribution is -2.43. The van der Waals surface area contributed by atoms with Crippen molar-refractivity contribution >= 4 is 22.5 Å². The fraction of sp³-hybridized carbons (Fsp3) is 0.258. The first-order valence-corrected chi connectivity index (χ1v) is 13.2. The van der Waals surface area contributed by atoms with E-state index in [0.717, 1.165) is 68.9 Å². The van der Waals surface area contributed by atoms with Gasteiger partial charge in [-0.2, -0.15) is 10.2 Å². The molecule has 0 unspecified atom stereocenters. The molecular weight excluding hydrogens is 488 g/mol. The highest BCUT2D eigenvalue weighted by Gasteiger charge is 2.23. The monoisotopic (exact) mass is 520 g/mol. The minimum absolute atomic E-state index is 0.128. The fourth-order valence-corrected chi connectivity index (χ4v) is 5.12. The highest BCUT2D eigenvalue weighted by molar-refractivity contribution is 6.09. The summed E-state index contributed by atoms with van der Waals surface area (Å²) in [5.41, 5.74) is 8.28. The van der Waals surface area contributed by atoms with Crippen LogP contribution < -0.4 is 15.4 Å². The molecule has 0 saturated carbocycles. The van der Waals surface area contributed by atoms with Gasteiger partial charge in [0, 0.05) is 41.5 Å². The number of nitrogens with zero attached hydrogens (tertiary/aromatic N) is 4. The van der Waals surface area contributed by atoms with Crippen LogP contribution in [-0.4, -0.2) is 45.7 Å². The van der Waals surface area contributed by atoms with E-state index in [4.69, 9.17) is 9.84 Å². The van der Waals surface area contributed by atoms with E-state index in [-0.39, 0.29) is 5.91 Å². The van der Waals surface area contributed by atoms with E-state index in [1.165, 1.54) is 0 Å². The molecule has 2 N–H and O–H groups in total. The van der Waals surface area contributed by atoms with Crippen LogP contribution in [0.3, 0.4) is 0 Å². The summed E-state index contributed by atoms with van der Waals surface area (Å²) in [5, 5.41) is 17.0. The molecule has 5 aromatic rings. The van der Waals surface area contributed by atoms with Crippen LogP contribution in [0.1, 0.15) is 38.7 Å². The van der Waals surface area contributed by atoms with Crippen molar-refractivity contribution in [2.45, 2.75) is 33.4 Å². The summed E-state index contributed by atoms with van der Waals surface area (Å²) >= 11 is 0. The smallest absolute Gasteiger partial charge is 0.255 e. The Morgan fingerprint density at radius 3 is 2.46 bits per heavy atom. The lowest BCUT2D eigenvalue weighted by molar-refractivity contribution is 0.102. The molecule has 0 radical (unpaired) electrons. The first kappa shape index (κ1) is 24.9. The van der Waals surface area contributed by atoms with Gasteiger partial charge in [-0.15, -0.1) is 0 Å². The van der Waals surface area contributed by atoms with E-state index in [2.05, 4.69) is 28.0 Å². The Kier molecular flexibility index (Phi) is 6.40. The Morgan fingerprint density at radius 1 is 1.05 bits per heavy atom. The van der Waals surface area contributed by atoms with Crippen molar-refractivity contribution in [1.82, 2.24) is 24.9 Å². The molecule has 0 bridgehead atoms. The summed E-state index contributed by atoms with van der Waals surface area (Å²) < 4.78 is 9.33. The third-order valence-corrected chi connectivity index (χ3v) is 7.56. The van der Waals surface area contributed by atoms with Gasteiger partial charge in [0.15, 0.2) is 0 Å². The average Bonchev–Trinajstić information content (AvgIpc) is 3.50. The summed E-state index contributed by atoms with van der Waals surface area (Å²) in [6.07, 6.45) is 3.93. The van der Waals surface area contributed by atoms with Crippen LogP contribution in [0.5, 0.6) is 5.75 Å². The summed E-state index contributed by atoms with van der Waals surface area (Å²) in [5.74, 6) is 0.690. The van der Waals surface area contributed by atoms with Gasteiger partial charge < -0.3 is 15.4 Å². The standard InChI is InChI=1S/C31H32N6O2/c1-19-6-5-7-20(2)29(19)34-31(38)26-13-27-28(12-21(26)3)37(17-22-8-10-25(39-4)11-9-22)35-30(27)23-14-33-36(18-23)24-15-32-16-24/h5-14,18,24,32H,15-17H2,1-4H3,(H,34,38). The van der Waals surface area contributed by atoms with Crippen LogP contribution in [-0.2, 0) is 6.54 Å². The van der Waals surface area contributed by atoms with E-state index >= 15 is 0 Å². The number of aryl methyl sites for hydroxylation is 3. The number of hydrogen-bond acceptors (Lipinski definition) is 5. The van der Waals surface area contributed by atoms with Crippen LogP contribution >= 0.6 is 0 Å². The number of fused-ring (bicyclic) bond motifs is 1. The Balaban J connectivity index is 1.43. The van der Waals surface area contributed by atoms with Crippen molar-refractivity contribution in [3.63, 3.8) is 0 Å². The Bertz CT molecular complexity index is 1660. The maximum atomic E-state index is 13.6. The number of hydrogen-bond donors (Lipinski definition) is 2. The Hall–Kier alpha value is -4.43. The van der Waals surface area contributed by atoms with Crippen LogP contribution in [0.2, 0.25) is 0 Å². The number of nitrogens with one attached hydrogen (secondary N) is 2. The van der Waals surface area contributed by atoms with Crippen molar-refractivity contribution in [3.05, 3.63) is 94.8 Å². The van der Waals surface area contributed by atoms with Gasteiger partial charge >= 0.3 is 0 Å². The van der Waals surface area contributed by atoms with Crippen LogP contribution in [0, 0.1) is 20.8 Å². The molecule has 2 aromatic heterocycles. The van der Waals surface area contributed by atoms with Gasteiger partial charge in [-0.05, 0) is 67.3 Å². The molecule has 1 amide bonds. The maximum Gasteiger partial charge on any atom is 0.255 e. The Morgan fingerprint density at radius 2 is 1.79 bits per heavy atom. The number of methoxy groups -OCH3 is 1. The molecule has 1 saturated heterocycles. The van der Waals surface area contributed by atoms with E-state index in [0.29, 0.717) is 18.2 Å². The number of carbonyl (C=O) groups is 1. The lowest BCUT2D eigenvalue weighted by atomic mass is 10.0. The number of para-hydroxylation sites is 1. The first-order valence-electron chi connectivity index (χ1n) is 13.2. The third kappa shape index (κ3) is 4.68. The van der Waals surface area contributed by atoms with Crippen molar-refractivity contribution in [3.8, 4) is 17.0 Å². The summed E-state index contributed by atoms with van der Waals surface area (Å²) in [6.45, 7) is 8.41. The molecule has 3 aromatic carbocycles. The van der Waals surface area contributed by atoms with Crippen LogP contribution in [0.15, 0.2) is 67.0 Å². The molecule has 8 nitrogen and oxygen atoms in total. The topological polar surface area (TPSA) is 86.0 Å². The van der Waals surface area contributed by atoms with Gasteiger partial charge in [0.25, 0.3) is 5.91 Å². The van der Waals surface area contributed by atoms with Gasteiger partial charge in [-0.25, -0.2) is 0 Å². The maximum absolute atomic E-state index is 13.6. The first-order chi connectivity index (χ1) is 18.9. The largest absolute Gasteiger partial charge is 0.497 e. The van der Waals surface area contributed by atoms with E-state index in [1.54, 1.807) is 7.11 Å². The van der Waals surface area contributed by atoms with Crippen LogP contribution in [0.25, 0.3) is 22.2 Å². The van der Waals surface area contributed by atoms with Crippen molar-refractivity contribution in [1.29, 1.82) is 0 Å². The number of carbonyl (C=O) groups excluding carboxylic acids is 1. The minimum Gasteiger partial charge on any atom is -0.497 e. The molecule has 39 heavy (non-hydrogen) atoms. The molecule has 0 atom stereocenters. The molecular formula is C31H32N6O2. The predicted molar refractivity (Wildman–Crippen MR) is 154 cm³/mol. The highest BCUT2D eigenvalue weighted by atomic mass is 16.5. The normalized spacial score (nSPS) is 13.4. The van der Waals surface area contributed by atoms with Gasteiger partial charge in [0.05, 0.1) is 31.4 Å². The third-order valence-electron chi connectivity index (χ3n) is 7.56. The number of benzene rings is 3. The summed E-state index contributed by atoms with van der Waals surface area (Å²) in [7, 11) is 1.67.